The SMILES string of the molecule is CSCC(=O)NCC1CCC(Br)CC1. The van der Waals surface area contributed by atoms with Gasteiger partial charge in [0.1, 0.15) is 0 Å². The molecule has 1 saturated carbocycles. The van der Waals surface area contributed by atoms with Crippen LogP contribution in [0.2, 0.25) is 0 Å². The molecule has 14 heavy (non-hydrogen) atoms. The van der Waals surface area contributed by atoms with Gasteiger partial charge >= 0.3 is 0 Å². The highest BCUT2D eigenvalue weighted by atomic mass is 79.9. The van der Waals surface area contributed by atoms with Crippen molar-refractivity contribution < 1.29 is 4.79 Å². The van der Waals surface area contributed by atoms with Crippen LogP contribution in [0.4, 0.5) is 0 Å². The Labute approximate surface area is 98.7 Å². The minimum atomic E-state index is 0.179. The molecule has 0 aliphatic heterocycles. The fourth-order valence-electron chi connectivity index (χ4n) is 1.77. The van der Waals surface area contributed by atoms with Crippen LogP contribution in [0.3, 0.4) is 0 Å². The third kappa shape index (κ3) is 4.69. The van der Waals surface area contributed by atoms with Crippen LogP contribution in [0.25, 0.3) is 0 Å². The van der Waals surface area contributed by atoms with Crippen LogP contribution in [0, 0.1) is 5.92 Å². The molecule has 0 bridgehead atoms. The number of hydrogen-bond donors (Lipinski definition) is 1. The van der Waals surface area contributed by atoms with Gasteiger partial charge in [0.25, 0.3) is 0 Å². The predicted octanol–water partition coefficient (Wildman–Crippen LogP) is 2.42. The van der Waals surface area contributed by atoms with Crippen molar-refractivity contribution in [3.8, 4) is 0 Å². The monoisotopic (exact) mass is 279 g/mol. The van der Waals surface area contributed by atoms with Crippen molar-refractivity contribution in [1.82, 2.24) is 5.32 Å². The second-order valence-electron chi connectivity index (χ2n) is 3.86. The Balaban J connectivity index is 2.09. The molecule has 0 aromatic rings. The lowest BCUT2D eigenvalue weighted by atomic mass is 9.89. The van der Waals surface area contributed by atoms with E-state index in [1.807, 2.05) is 6.26 Å². The Morgan fingerprint density at radius 3 is 2.64 bits per heavy atom. The first-order valence-electron chi connectivity index (χ1n) is 5.12. The molecule has 1 fully saturated rings. The molecular weight excluding hydrogens is 262 g/mol. The smallest absolute Gasteiger partial charge is 0.229 e. The average Bonchev–Trinajstić information content (AvgIpc) is 2.17. The van der Waals surface area contributed by atoms with Gasteiger partial charge in [0.05, 0.1) is 5.75 Å². The van der Waals surface area contributed by atoms with Crippen LogP contribution >= 0.6 is 27.7 Å². The summed E-state index contributed by atoms with van der Waals surface area (Å²) in [5, 5.41) is 2.99. The molecule has 0 spiro atoms. The summed E-state index contributed by atoms with van der Waals surface area (Å²) in [6.07, 6.45) is 6.95. The first-order valence-corrected chi connectivity index (χ1v) is 7.43. The number of carbonyl (C=O) groups excluding carboxylic acids is 1. The third-order valence-corrected chi connectivity index (χ3v) is 4.11. The Morgan fingerprint density at radius 2 is 2.07 bits per heavy atom. The van der Waals surface area contributed by atoms with Crippen molar-refractivity contribution in [2.45, 2.75) is 30.5 Å². The van der Waals surface area contributed by atoms with E-state index in [0.717, 1.165) is 6.54 Å². The maximum atomic E-state index is 11.2. The summed E-state index contributed by atoms with van der Waals surface area (Å²) in [5.74, 6) is 1.47. The van der Waals surface area contributed by atoms with Crippen LogP contribution in [-0.2, 0) is 4.79 Å². The van der Waals surface area contributed by atoms with Crippen LogP contribution < -0.4 is 5.32 Å². The van der Waals surface area contributed by atoms with Crippen molar-refractivity contribution in [2.75, 3.05) is 18.6 Å². The summed E-state index contributed by atoms with van der Waals surface area (Å²) in [6.45, 7) is 0.874. The number of amides is 1. The molecule has 1 amide bonds. The number of halogens is 1. The average molecular weight is 280 g/mol. The van der Waals surface area contributed by atoms with Gasteiger partial charge in [-0.15, -0.1) is 0 Å². The van der Waals surface area contributed by atoms with E-state index in [2.05, 4.69) is 21.2 Å². The van der Waals surface area contributed by atoms with Gasteiger partial charge in [0.15, 0.2) is 0 Å². The molecule has 0 radical (unpaired) electrons. The van der Waals surface area contributed by atoms with Gasteiger partial charge in [0, 0.05) is 11.4 Å². The van der Waals surface area contributed by atoms with E-state index in [0.29, 0.717) is 16.5 Å². The maximum Gasteiger partial charge on any atom is 0.229 e. The fraction of sp³-hybridized carbons (Fsp3) is 0.900. The van der Waals surface area contributed by atoms with E-state index in [1.165, 1.54) is 25.7 Å². The largest absolute Gasteiger partial charge is 0.355 e. The molecule has 82 valence electrons. The maximum absolute atomic E-state index is 11.2. The quantitative estimate of drug-likeness (QED) is 0.801. The Hall–Kier alpha value is 0.300. The third-order valence-electron chi connectivity index (χ3n) is 2.64. The van der Waals surface area contributed by atoms with Crippen molar-refractivity contribution in [3.63, 3.8) is 0 Å². The normalized spacial score (nSPS) is 27.3. The van der Waals surface area contributed by atoms with Gasteiger partial charge < -0.3 is 5.32 Å². The van der Waals surface area contributed by atoms with Crippen LogP contribution in [0.1, 0.15) is 25.7 Å². The molecule has 0 unspecified atom stereocenters. The molecule has 4 heteroatoms. The van der Waals surface area contributed by atoms with E-state index in [4.69, 9.17) is 0 Å². The molecular formula is C10H18BrNOS. The highest BCUT2D eigenvalue weighted by Crippen LogP contribution is 2.28. The highest BCUT2D eigenvalue weighted by molar-refractivity contribution is 9.09. The van der Waals surface area contributed by atoms with Gasteiger partial charge in [-0.25, -0.2) is 0 Å². The van der Waals surface area contributed by atoms with Gasteiger partial charge in [-0.2, -0.15) is 11.8 Å². The molecule has 2 nitrogen and oxygen atoms in total. The second-order valence-corrected chi connectivity index (χ2v) is 6.02. The fourth-order valence-corrected chi connectivity index (χ4v) is 2.66. The van der Waals surface area contributed by atoms with Crippen molar-refractivity contribution >= 4 is 33.6 Å². The lowest BCUT2D eigenvalue weighted by Gasteiger charge is -2.25. The first kappa shape index (κ1) is 12.4. The Bertz CT molecular complexity index is 181. The number of carbonyl (C=O) groups is 1. The predicted molar refractivity (Wildman–Crippen MR) is 66.1 cm³/mol. The molecule has 0 atom stereocenters. The van der Waals surface area contributed by atoms with Crippen molar-refractivity contribution in [2.24, 2.45) is 5.92 Å². The molecule has 1 N–H and O–H groups in total. The van der Waals surface area contributed by atoms with Gasteiger partial charge in [-0.05, 0) is 37.9 Å². The van der Waals surface area contributed by atoms with E-state index in [-0.39, 0.29) is 5.91 Å². The Kier molecular flexibility index (Phi) is 5.94. The summed E-state index contributed by atoms with van der Waals surface area (Å²) in [5.41, 5.74) is 0. The molecule has 1 aliphatic carbocycles. The van der Waals surface area contributed by atoms with Crippen molar-refractivity contribution in [1.29, 1.82) is 0 Å². The zero-order valence-electron chi connectivity index (χ0n) is 8.59. The standard InChI is InChI=1S/C10H18BrNOS/c1-14-7-10(13)12-6-8-2-4-9(11)5-3-8/h8-9H,2-7H2,1H3,(H,12,13). The molecule has 0 saturated heterocycles. The van der Waals surface area contributed by atoms with Crippen LogP contribution in [0.15, 0.2) is 0 Å². The molecule has 0 aromatic heterocycles. The Morgan fingerprint density at radius 1 is 1.43 bits per heavy atom. The summed E-state index contributed by atoms with van der Waals surface area (Å²) in [6, 6.07) is 0. The lowest BCUT2D eigenvalue weighted by molar-refractivity contribution is -0.118. The number of rotatable bonds is 4. The topological polar surface area (TPSA) is 29.1 Å². The van der Waals surface area contributed by atoms with Gasteiger partial charge in [0.2, 0.25) is 5.91 Å². The molecule has 0 aromatic carbocycles. The van der Waals surface area contributed by atoms with E-state index in [9.17, 15) is 4.79 Å². The minimum Gasteiger partial charge on any atom is -0.355 e. The van der Waals surface area contributed by atoms with E-state index < -0.39 is 0 Å². The van der Waals surface area contributed by atoms with Gasteiger partial charge in [-0.3, -0.25) is 4.79 Å². The summed E-state index contributed by atoms with van der Waals surface area (Å²) < 4.78 is 0. The van der Waals surface area contributed by atoms with E-state index >= 15 is 0 Å². The van der Waals surface area contributed by atoms with Crippen molar-refractivity contribution in [3.05, 3.63) is 0 Å². The summed E-state index contributed by atoms with van der Waals surface area (Å²) >= 11 is 5.21. The molecule has 1 aliphatic rings. The minimum absolute atomic E-state index is 0.179. The molecule has 0 heterocycles. The van der Waals surface area contributed by atoms with E-state index in [1.54, 1.807) is 11.8 Å². The number of thioether (sulfide) groups is 1. The zero-order valence-corrected chi connectivity index (χ0v) is 11.0. The van der Waals surface area contributed by atoms with Gasteiger partial charge in [-0.1, -0.05) is 15.9 Å². The lowest BCUT2D eigenvalue weighted by Crippen LogP contribution is -2.32. The number of hydrogen-bond acceptors (Lipinski definition) is 2. The van der Waals surface area contributed by atoms with Crippen LogP contribution in [-0.4, -0.2) is 29.3 Å². The first-order chi connectivity index (χ1) is 6.72. The highest BCUT2D eigenvalue weighted by Gasteiger charge is 2.19. The summed E-state index contributed by atoms with van der Waals surface area (Å²) in [4.78, 5) is 11.9. The number of alkyl halides is 1. The second kappa shape index (κ2) is 6.72. The summed E-state index contributed by atoms with van der Waals surface area (Å²) in [7, 11) is 0. The number of nitrogens with one attached hydrogen (secondary N) is 1. The van der Waals surface area contributed by atoms with Crippen LogP contribution in [0.5, 0.6) is 0 Å². The molecule has 1 rings (SSSR count). The zero-order chi connectivity index (χ0) is 10.4.